The largest absolute Gasteiger partial charge is 0.497 e. The SMILES string of the molecule is CCOC(=O)C1=C(C)N=c2sc(=Cc3ccc(SC)cc3)c(=O)n2[C@H]1c1cc(OC)ccc1OC. The molecule has 0 saturated heterocycles. The molecule has 3 aromatic rings. The fourth-order valence-electron chi connectivity index (χ4n) is 3.99. The Balaban J connectivity index is 1.98. The first kappa shape index (κ1) is 24.8. The minimum atomic E-state index is -0.781. The van der Waals surface area contributed by atoms with Crippen molar-refractivity contribution in [2.45, 2.75) is 24.8 Å². The van der Waals surface area contributed by atoms with Gasteiger partial charge in [-0.15, -0.1) is 11.8 Å². The van der Waals surface area contributed by atoms with Crippen molar-refractivity contribution >= 4 is 35.1 Å². The van der Waals surface area contributed by atoms with Crippen LogP contribution in [-0.4, -0.2) is 37.6 Å². The zero-order valence-corrected chi connectivity index (χ0v) is 21.8. The normalized spacial score (nSPS) is 15.5. The molecule has 2 aromatic carbocycles. The second kappa shape index (κ2) is 10.5. The summed E-state index contributed by atoms with van der Waals surface area (Å²) in [6, 6.07) is 12.5. The van der Waals surface area contributed by atoms with Crippen LogP contribution < -0.4 is 24.4 Å². The lowest BCUT2D eigenvalue weighted by molar-refractivity contribution is -0.139. The van der Waals surface area contributed by atoms with Crippen LogP contribution in [0.4, 0.5) is 0 Å². The molecule has 1 aliphatic rings. The third kappa shape index (κ3) is 4.78. The second-order valence-corrected chi connectivity index (χ2v) is 9.57. The summed E-state index contributed by atoms with van der Waals surface area (Å²) in [4.78, 5) is 33.1. The van der Waals surface area contributed by atoms with Gasteiger partial charge in [0.05, 0.1) is 36.6 Å². The van der Waals surface area contributed by atoms with E-state index in [0.717, 1.165) is 10.5 Å². The highest BCUT2D eigenvalue weighted by Gasteiger charge is 2.35. The molecular weight excluding hydrogens is 484 g/mol. The number of carbonyl (C=O) groups excluding carboxylic acids is 1. The summed E-state index contributed by atoms with van der Waals surface area (Å²) in [6.45, 7) is 3.70. The standard InChI is InChI=1S/C26H26N2O5S2/c1-6-33-25(30)22-15(2)27-26-28(23(22)19-14-17(31-3)9-12-20(19)32-4)24(29)21(35-26)13-16-7-10-18(34-5)11-8-16/h7-14,23H,6H2,1-5H3/t23-/m0/s1. The number of hydrogen-bond donors (Lipinski definition) is 0. The summed E-state index contributed by atoms with van der Waals surface area (Å²) in [7, 11) is 3.11. The first-order chi connectivity index (χ1) is 16.9. The molecule has 1 atom stereocenters. The van der Waals surface area contributed by atoms with Crippen LogP contribution in [0.1, 0.15) is 31.0 Å². The highest BCUT2D eigenvalue weighted by Crippen LogP contribution is 2.37. The van der Waals surface area contributed by atoms with E-state index in [4.69, 9.17) is 14.2 Å². The number of aromatic nitrogens is 1. The molecule has 35 heavy (non-hydrogen) atoms. The zero-order valence-electron chi connectivity index (χ0n) is 20.2. The van der Waals surface area contributed by atoms with Gasteiger partial charge >= 0.3 is 5.97 Å². The number of hydrogen-bond acceptors (Lipinski definition) is 8. The summed E-state index contributed by atoms with van der Waals surface area (Å²) in [5, 5.41) is 0. The van der Waals surface area contributed by atoms with Crippen LogP contribution >= 0.6 is 23.1 Å². The van der Waals surface area contributed by atoms with Crippen molar-refractivity contribution in [3.8, 4) is 11.5 Å². The molecule has 0 N–H and O–H groups in total. The number of benzene rings is 2. The fourth-order valence-corrected chi connectivity index (χ4v) is 5.45. The van der Waals surface area contributed by atoms with Crippen LogP contribution in [0.15, 0.2) is 68.4 Å². The number of nitrogens with zero attached hydrogens (tertiary/aromatic N) is 2. The highest BCUT2D eigenvalue weighted by molar-refractivity contribution is 7.98. The molecule has 4 rings (SSSR count). The number of allylic oxidation sites excluding steroid dienone is 1. The van der Waals surface area contributed by atoms with Crippen LogP contribution in [0.5, 0.6) is 11.5 Å². The molecule has 0 bridgehead atoms. The number of ether oxygens (including phenoxy) is 3. The molecule has 2 heterocycles. The van der Waals surface area contributed by atoms with Crippen LogP contribution in [0.2, 0.25) is 0 Å². The number of esters is 1. The summed E-state index contributed by atoms with van der Waals surface area (Å²) in [5.74, 6) is 0.578. The number of thiazole rings is 1. The number of carbonyl (C=O) groups is 1. The summed E-state index contributed by atoms with van der Waals surface area (Å²) in [6.07, 6.45) is 3.86. The van der Waals surface area contributed by atoms with Gasteiger partial charge in [-0.1, -0.05) is 23.5 Å². The van der Waals surface area contributed by atoms with E-state index in [1.165, 1.54) is 11.3 Å². The monoisotopic (exact) mass is 510 g/mol. The smallest absolute Gasteiger partial charge is 0.338 e. The lowest BCUT2D eigenvalue weighted by Crippen LogP contribution is -2.40. The average Bonchev–Trinajstić information content (AvgIpc) is 3.17. The minimum Gasteiger partial charge on any atom is -0.497 e. The quantitative estimate of drug-likeness (QED) is 0.357. The molecule has 0 aliphatic carbocycles. The van der Waals surface area contributed by atoms with Crippen molar-refractivity contribution in [1.82, 2.24) is 4.57 Å². The van der Waals surface area contributed by atoms with Gasteiger partial charge in [-0.25, -0.2) is 9.79 Å². The lowest BCUT2D eigenvalue weighted by Gasteiger charge is -2.26. The predicted molar refractivity (Wildman–Crippen MR) is 138 cm³/mol. The van der Waals surface area contributed by atoms with Crippen LogP contribution in [-0.2, 0) is 9.53 Å². The summed E-state index contributed by atoms with van der Waals surface area (Å²) >= 11 is 2.94. The Morgan fingerprint density at radius 2 is 1.91 bits per heavy atom. The number of rotatable bonds is 7. The van der Waals surface area contributed by atoms with Crippen LogP contribution in [0.25, 0.3) is 6.08 Å². The van der Waals surface area contributed by atoms with Crippen LogP contribution in [0, 0.1) is 0 Å². The Labute approximate surface area is 211 Å². The van der Waals surface area contributed by atoms with Crippen molar-refractivity contribution in [3.63, 3.8) is 0 Å². The average molecular weight is 511 g/mol. The maximum atomic E-state index is 13.7. The molecule has 0 radical (unpaired) electrons. The molecule has 0 spiro atoms. The number of thioether (sulfide) groups is 1. The van der Waals surface area contributed by atoms with Crippen LogP contribution in [0.3, 0.4) is 0 Å². The molecular formula is C26H26N2O5S2. The number of fused-ring (bicyclic) bond motifs is 1. The van der Waals surface area contributed by atoms with E-state index in [0.29, 0.717) is 37.7 Å². The van der Waals surface area contributed by atoms with Crippen molar-refractivity contribution in [2.75, 3.05) is 27.1 Å². The van der Waals surface area contributed by atoms with Crippen molar-refractivity contribution in [2.24, 2.45) is 4.99 Å². The Hall–Kier alpha value is -3.30. The van der Waals surface area contributed by atoms with Gasteiger partial charge in [0.1, 0.15) is 17.5 Å². The Bertz CT molecular complexity index is 1470. The maximum absolute atomic E-state index is 13.7. The second-order valence-electron chi connectivity index (χ2n) is 7.68. The van der Waals surface area contributed by atoms with Crippen molar-refractivity contribution in [1.29, 1.82) is 0 Å². The van der Waals surface area contributed by atoms with Gasteiger partial charge in [0.2, 0.25) is 0 Å². The predicted octanol–water partition coefficient (Wildman–Crippen LogP) is 3.54. The van der Waals surface area contributed by atoms with Crippen molar-refractivity contribution < 1.29 is 19.0 Å². The molecule has 0 saturated carbocycles. The summed E-state index contributed by atoms with van der Waals surface area (Å²) in [5.41, 5.74) is 2.06. The Morgan fingerprint density at radius 1 is 1.17 bits per heavy atom. The lowest BCUT2D eigenvalue weighted by atomic mass is 9.94. The van der Waals surface area contributed by atoms with Gasteiger partial charge in [-0.05, 0) is 62.1 Å². The van der Waals surface area contributed by atoms with Gasteiger partial charge in [0, 0.05) is 10.5 Å². The fraction of sp³-hybridized carbons (Fsp3) is 0.269. The number of methoxy groups -OCH3 is 2. The first-order valence-electron chi connectivity index (χ1n) is 11.0. The molecule has 1 aliphatic heterocycles. The molecule has 7 nitrogen and oxygen atoms in total. The third-order valence-corrected chi connectivity index (χ3v) is 7.39. The highest BCUT2D eigenvalue weighted by atomic mass is 32.2. The van der Waals surface area contributed by atoms with E-state index in [-0.39, 0.29) is 12.2 Å². The molecule has 1 aromatic heterocycles. The molecule has 9 heteroatoms. The van der Waals surface area contributed by atoms with E-state index < -0.39 is 12.0 Å². The van der Waals surface area contributed by atoms with Crippen molar-refractivity contribution in [3.05, 3.63) is 84.5 Å². The van der Waals surface area contributed by atoms with E-state index >= 15 is 0 Å². The Morgan fingerprint density at radius 3 is 2.54 bits per heavy atom. The van der Waals surface area contributed by atoms with Gasteiger partial charge in [-0.3, -0.25) is 9.36 Å². The van der Waals surface area contributed by atoms with E-state index in [9.17, 15) is 9.59 Å². The van der Waals surface area contributed by atoms with E-state index in [1.54, 1.807) is 62.6 Å². The Kier molecular flexibility index (Phi) is 7.47. The minimum absolute atomic E-state index is 0.202. The van der Waals surface area contributed by atoms with Gasteiger partial charge < -0.3 is 14.2 Å². The molecule has 182 valence electrons. The topological polar surface area (TPSA) is 79.1 Å². The van der Waals surface area contributed by atoms with Gasteiger partial charge in [0.25, 0.3) is 5.56 Å². The van der Waals surface area contributed by atoms with Gasteiger partial charge in [-0.2, -0.15) is 0 Å². The molecule has 0 unspecified atom stereocenters. The molecule has 0 amide bonds. The summed E-state index contributed by atoms with van der Waals surface area (Å²) < 4.78 is 18.5. The zero-order chi connectivity index (χ0) is 25.1. The third-order valence-electron chi connectivity index (χ3n) is 5.66. The van der Waals surface area contributed by atoms with E-state index in [2.05, 4.69) is 4.99 Å². The van der Waals surface area contributed by atoms with Gasteiger partial charge in [0.15, 0.2) is 4.80 Å². The maximum Gasteiger partial charge on any atom is 0.338 e. The van der Waals surface area contributed by atoms with E-state index in [1.807, 2.05) is 36.6 Å². The molecule has 0 fully saturated rings. The first-order valence-corrected chi connectivity index (χ1v) is 13.0.